The molecule has 1 heterocycles. The highest BCUT2D eigenvalue weighted by Gasteiger charge is 2.21. The van der Waals surface area contributed by atoms with Crippen LogP contribution in [0.25, 0.3) is 11.0 Å². The Morgan fingerprint density at radius 3 is 2.60 bits per heavy atom. The van der Waals surface area contributed by atoms with Crippen LogP contribution in [0.3, 0.4) is 0 Å². The Labute approximate surface area is 122 Å². The lowest BCUT2D eigenvalue weighted by molar-refractivity contribution is 0.237. The summed E-state index contributed by atoms with van der Waals surface area (Å²) in [6, 6.07) is 8.36. The minimum atomic E-state index is 0.309. The molecule has 0 saturated heterocycles. The quantitative estimate of drug-likeness (QED) is 0.867. The molecule has 0 unspecified atom stereocenters. The van der Waals surface area contributed by atoms with Crippen molar-refractivity contribution in [2.45, 2.75) is 47.7 Å². The van der Waals surface area contributed by atoms with Gasteiger partial charge in [-0.25, -0.2) is 4.98 Å². The largest absolute Gasteiger partial charge is 0.327 e. The highest BCUT2D eigenvalue weighted by molar-refractivity contribution is 5.75. The normalized spacial score (nSPS) is 12.5. The fourth-order valence-electron chi connectivity index (χ4n) is 2.31. The van der Waals surface area contributed by atoms with Crippen molar-refractivity contribution >= 4 is 11.0 Å². The molecule has 0 radical (unpaired) electrons. The first-order chi connectivity index (χ1) is 9.45. The van der Waals surface area contributed by atoms with Crippen molar-refractivity contribution in [1.82, 2.24) is 14.9 Å². The number of nitrogens with zero attached hydrogens (tertiary/aromatic N) is 2. The molecule has 0 bridgehead atoms. The van der Waals surface area contributed by atoms with Crippen molar-refractivity contribution in [1.29, 1.82) is 0 Å². The second-order valence-electron chi connectivity index (χ2n) is 6.51. The van der Waals surface area contributed by atoms with Gasteiger partial charge in [0.15, 0.2) is 0 Å². The van der Waals surface area contributed by atoms with Crippen LogP contribution in [0, 0.1) is 11.3 Å². The summed E-state index contributed by atoms with van der Waals surface area (Å²) >= 11 is 0. The van der Waals surface area contributed by atoms with Crippen molar-refractivity contribution < 1.29 is 0 Å². The SMILES string of the molecule is CCn1c(CNCC(C)(C)C(C)C)nc2ccccc21. The van der Waals surface area contributed by atoms with E-state index in [-0.39, 0.29) is 0 Å². The third-order valence-corrected chi connectivity index (χ3v) is 4.48. The van der Waals surface area contributed by atoms with Crippen LogP contribution in [0.1, 0.15) is 40.4 Å². The van der Waals surface area contributed by atoms with Crippen LogP contribution in [-0.2, 0) is 13.1 Å². The Morgan fingerprint density at radius 2 is 1.95 bits per heavy atom. The van der Waals surface area contributed by atoms with E-state index in [9.17, 15) is 0 Å². The predicted octanol–water partition coefficient (Wildman–Crippen LogP) is 3.83. The van der Waals surface area contributed by atoms with Crippen molar-refractivity contribution in [2.24, 2.45) is 11.3 Å². The van der Waals surface area contributed by atoms with Gasteiger partial charge in [0.05, 0.1) is 17.6 Å². The zero-order chi connectivity index (χ0) is 14.8. The maximum absolute atomic E-state index is 4.75. The first-order valence-corrected chi connectivity index (χ1v) is 7.60. The highest BCUT2D eigenvalue weighted by atomic mass is 15.1. The lowest BCUT2D eigenvalue weighted by Gasteiger charge is -2.29. The molecule has 2 aromatic rings. The molecule has 3 heteroatoms. The molecular weight excluding hydrogens is 246 g/mol. The summed E-state index contributed by atoms with van der Waals surface area (Å²) in [6.45, 7) is 14.2. The van der Waals surface area contributed by atoms with Crippen molar-refractivity contribution in [3.8, 4) is 0 Å². The minimum Gasteiger partial charge on any atom is -0.327 e. The molecule has 0 saturated carbocycles. The van der Waals surface area contributed by atoms with Gasteiger partial charge in [0.1, 0.15) is 5.82 Å². The first-order valence-electron chi connectivity index (χ1n) is 7.60. The van der Waals surface area contributed by atoms with Crippen LogP contribution in [0.5, 0.6) is 0 Å². The van der Waals surface area contributed by atoms with Gasteiger partial charge in [-0.1, -0.05) is 39.8 Å². The molecular formula is C17H27N3. The second kappa shape index (κ2) is 5.96. The maximum atomic E-state index is 4.75. The zero-order valence-electron chi connectivity index (χ0n) is 13.4. The van der Waals surface area contributed by atoms with Gasteiger partial charge in [-0.2, -0.15) is 0 Å². The van der Waals surface area contributed by atoms with Gasteiger partial charge >= 0.3 is 0 Å². The van der Waals surface area contributed by atoms with Gasteiger partial charge in [0, 0.05) is 13.1 Å². The molecule has 0 aliphatic carbocycles. The molecule has 1 aromatic carbocycles. The Balaban J connectivity index is 2.10. The number of nitrogens with one attached hydrogen (secondary N) is 1. The van der Waals surface area contributed by atoms with E-state index < -0.39 is 0 Å². The zero-order valence-corrected chi connectivity index (χ0v) is 13.4. The van der Waals surface area contributed by atoms with Crippen LogP contribution in [0.2, 0.25) is 0 Å². The van der Waals surface area contributed by atoms with E-state index in [2.05, 4.69) is 68.8 Å². The number of fused-ring (bicyclic) bond motifs is 1. The highest BCUT2D eigenvalue weighted by Crippen LogP contribution is 2.25. The second-order valence-corrected chi connectivity index (χ2v) is 6.51. The summed E-state index contributed by atoms with van der Waals surface area (Å²) in [5.41, 5.74) is 2.63. The molecule has 0 amide bonds. The number of imidazole rings is 1. The minimum absolute atomic E-state index is 0.309. The number of para-hydroxylation sites is 2. The number of hydrogen-bond donors (Lipinski definition) is 1. The van der Waals surface area contributed by atoms with E-state index in [0.29, 0.717) is 11.3 Å². The maximum Gasteiger partial charge on any atom is 0.123 e. The Morgan fingerprint density at radius 1 is 1.25 bits per heavy atom. The van der Waals surface area contributed by atoms with E-state index in [1.54, 1.807) is 0 Å². The Hall–Kier alpha value is -1.35. The number of benzene rings is 1. The van der Waals surface area contributed by atoms with Gasteiger partial charge in [0.25, 0.3) is 0 Å². The molecule has 110 valence electrons. The Bertz CT molecular complexity index is 567. The van der Waals surface area contributed by atoms with Crippen LogP contribution in [0.15, 0.2) is 24.3 Å². The summed E-state index contributed by atoms with van der Waals surface area (Å²) < 4.78 is 2.30. The molecule has 1 N–H and O–H groups in total. The van der Waals surface area contributed by atoms with Crippen molar-refractivity contribution in [3.63, 3.8) is 0 Å². The van der Waals surface area contributed by atoms with Crippen LogP contribution in [0.4, 0.5) is 0 Å². The third-order valence-electron chi connectivity index (χ3n) is 4.48. The van der Waals surface area contributed by atoms with Crippen LogP contribution in [-0.4, -0.2) is 16.1 Å². The average molecular weight is 273 g/mol. The van der Waals surface area contributed by atoms with Crippen molar-refractivity contribution in [3.05, 3.63) is 30.1 Å². The number of rotatable bonds is 6. The van der Waals surface area contributed by atoms with E-state index in [4.69, 9.17) is 4.98 Å². The summed E-state index contributed by atoms with van der Waals surface area (Å²) in [4.78, 5) is 4.75. The summed E-state index contributed by atoms with van der Waals surface area (Å²) in [6.07, 6.45) is 0. The molecule has 1 aromatic heterocycles. The van der Waals surface area contributed by atoms with Crippen LogP contribution >= 0.6 is 0 Å². The fraction of sp³-hybridized carbons (Fsp3) is 0.588. The molecule has 0 aliphatic rings. The lowest BCUT2D eigenvalue weighted by Crippen LogP contribution is -2.33. The standard InChI is InChI=1S/C17H27N3/c1-6-20-15-10-8-7-9-14(15)19-16(20)11-18-12-17(4,5)13(2)3/h7-10,13,18H,6,11-12H2,1-5H3. The molecule has 0 aliphatic heterocycles. The predicted molar refractivity (Wildman–Crippen MR) is 85.7 cm³/mol. The topological polar surface area (TPSA) is 29.9 Å². The van der Waals surface area contributed by atoms with Crippen LogP contribution < -0.4 is 5.32 Å². The van der Waals surface area contributed by atoms with Crippen molar-refractivity contribution in [2.75, 3.05) is 6.54 Å². The molecule has 0 spiro atoms. The molecule has 3 nitrogen and oxygen atoms in total. The van der Waals surface area contributed by atoms with Gasteiger partial charge in [-0.3, -0.25) is 0 Å². The lowest BCUT2D eigenvalue weighted by atomic mass is 9.81. The molecule has 0 atom stereocenters. The van der Waals surface area contributed by atoms with E-state index in [1.807, 2.05) is 0 Å². The number of hydrogen-bond acceptors (Lipinski definition) is 2. The number of aromatic nitrogens is 2. The smallest absolute Gasteiger partial charge is 0.123 e. The van der Waals surface area contributed by atoms with E-state index >= 15 is 0 Å². The third kappa shape index (κ3) is 3.04. The first kappa shape index (κ1) is 15.0. The fourth-order valence-corrected chi connectivity index (χ4v) is 2.31. The van der Waals surface area contributed by atoms with Gasteiger partial charge in [-0.15, -0.1) is 0 Å². The molecule has 20 heavy (non-hydrogen) atoms. The van der Waals surface area contributed by atoms with Gasteiger partial charge in [0.2, 0.25) is 0 Å². The summed E-state index contributed by atoms with van der Waals surface area (Å²) in [5.74, 6) is 1.80. The Kier molecular flexibility index (Phi) is 4.48. The van der Waals surface area contributed by atoms with Gasteiger partial charge in [-0.05, 0) is 30.4 Å². The van der Waals surface area contributed by atoms with E-state index in [1.165, 1.54) is 5.52 Å². The molecule has 0 fully saturated rings. The monoisotopic (exact) mass is 273 g/mol. The summed E-state index contributed by atoms with van der Waals surface area (Å²) in [7, 11) is 0. The average Bonchev–Trinajstić information content (AvgIpc) is 2.75. The summed E-state index contributed by atoms with van der Waals surface area (Å²) in [5, 5.41) is 3.58. The van der Waals surface area contributed by atoms with E-state index in [0.717, 1.165) is 31.0 Å². The van der Waals surface area contributed by atoms with Gasteiger partial charge < -0.3 is 9.88 Å². The number of aryl methyl sites for hydroxylation is 1. The molecule has 2 rings (SSSR count).